The highest BCUT2D eigenvalue weighted by Gasteiger charge is 2.17. The molecule has 0 aromatic heterocycles. The number of halogens is 1. The highest BCUT2D eigenvalue weighted by atomic mass is 79.9. The summed E-state index contributed by atoms with van der Waals surface area (Å²) < 4.78 is 11.6. The van der Waals surface area contributed by atoms with Crippen molar-refractivity contribution >= 4 is 39.3 Å². The van der Waals surface area contributed by atoms with E-state index in [2.05, 4.69) is 21.2 Å². The Hall–Kier alpha value is -1.66. The Balaban J connectivity index is 1.62. The molecule has 1 aliphatic rings. The van der Waals surface area contributed by atoms with E-state index in [1.165, 1.54) is 11.8 Å². The first-order valence-electron chi connectivity index (χ1n) is 6.74. The summed E-state index contributed by atoms with van der Waals surface area (Å²) >= 11 is 4.91. The van der Waals surface area contributed by atoms with Gasteiger partial charge in [0, 0.05) is 21.1 Å². The molecule has 0 fully saturated rings. The van der Waals surface area contributed by atoms with Crippen molar-refractivity contribution in [1.29, 1.82) is 0 Å². The van der Waals surface area contributed by atoms with Crippen molar-refractivity contribution in [3.63, 3.8) is 0 Å². The molecule has 22 heavy (non-hydrogen) atoms. The summed E-state index contributed by atoms with van der Waals surface area (Å²) in [4.78, 5) is 13.3. The molecule has 3 rings (SSSR count). The lowest BCUT2D eigenvalue weighted by atomic mass is 10.2. The summed E-state index contributed by atoms with van der Waals surface area (Å²) in [6, 6.07) is 13.3. The van der Waals surface area contributed by atoms with E-state index in [0.29, 0.717) is 17.2 Å². The van der Waals surface area contributed by atoms with Gasteiger partial charge in [0.15, 0.2) is 11.5 Å². The molecule has 1 heterocycles. The van der Waals surface area contributed by atoms with Crippen molar-refractivity contribution in [2.24, 2.45) is 0 Å². The molecule has 6 heteroatoms. The zero-order valence-electron chi connectivity index (χ0n) is 11.8. The van der Waals surface area contributed by atoms with E-state index in [4.69, 9.17) is 9.47 Å². The number of benzene rings is 2. The molecule has 1 unspecified atom stereocenters. The van der Waals surface area contributed by atoms with E-state index in [0.717, 1.165) is 9.37 Å². The van der Waals surface area contributed by atoms with Gasteiger partial charge in [0.1, 0.15) is 0 Å². The fourth-order valence-corrected chi connectivity index (χ4v) is 3.12. The number of hydrogen-bond donors (Lipinski definition) is 1. The maximum Gasteiger partial charge on any atom is 0.237 e. The van der Waals surface area contributed by atoms with Gasteiger partial charge in [-0.1, -0.05) is 15.9 Å². The number of rotatable bonds is 4. The van der Waals surface area contributed by atoms with Gasteiger partial charge >= 0.3 is 0 Å². The molecule has 0 radical (unpaired) electrons. The quantitative estimate of drug-likeness (QED) is 0.804. The number of anilines is 1. The average molecular weight is 380 g/mol. The second kappa shape index (κ2) is 6.62. The molecule has 0 saturated carbocycles. The van der Waals surface area contributed by atoms with Crippen molar-refractivity contribution in [2.45, 2.75) is 17.1 Å². The molecule has 0 spiro atoms. The number of hydrogen-bond acceptors (Lipinski definition) is 4. The van der Waals surface area contributed by atoms with Crippen LogP contribution >= 0.6 is 27.7 Å². The summed E-state index contributed by atoms with van der Waals surface area (Å²) in [5, 5.41) is 2.70. The van der Waals surface area contributed by atoms with E-state index in [1.54, 1.807) is 12.1 Å². The number of fused-ring (bicyclic) bond motifs is 1. The Morgan fingerprint density at radius 1 is 1.18 bits per heavy atom. The first-order valence-corrected chi connectivity index (χ1v) is 8.42. The molecule has 1 atom stereocenters. The van der Waals surface area contributed by atoms with Crippen LogP contribution in [0, 0.1) is 0 Å². The van der Waals surface area contributed by atoms with Crippen molar-refractivity contribution in [1.82, 2.24) is 0 Å². The average Bonchev–Trinajstić information content (AvgIpc) is 2.97. The van der Waals surface area contributed by atoms with Crippen molar-refractivity contribution in [3.8, 4) is 11.5 Å². The molecule has 114 valence electrons. The van der Waals surface area contributed by atoms with Gasteiger partial charge in [0.2, 0.25) is 12.7 Å². The summed E-state index contributed by atoms with van der Waals surface area (Å²) in [5.74, 6) is 1.31. The normalized spacial score (nSPS) is 13.7. The van der Waals surface area contributed by atoms with E-state index in [9.17, 15) is 4.79 Å². The van der Waals surface area contributed by atoms with Gasteiger partial charge in [-0.2, -0.15) is 0 Å². The second-order valence-electron chi connectivity index (χ2n) is 4.77. The molecule has 2 aromatic rings. The summed E-state index contributed by atoms with van der Waals surface area (Å²) in [5.41, 5.74) is 0.706. The molecular weight excluding hydrogens is 366 g/mol. The van der Waals surface area contributed by atoms with Gasteiger partial charge in [-0.15, -0.1) is 11.8 Å². The van der Waals surface area contributed by atoms with Gasteiger partial charge in [-0.25, -0.2) is 0 Å². The van der Waals surface area contributed by atoms with Crippen LogP contribution in [0.3, 0.4) is 0 Å². The smallest absolute Gasteiger partial charge is 0.237 e. The van der Waals surface area contributed by atoms with Gasteiger partial charge < -0.3 is 14.8 Å². The number of carbonyl (C=O) groups excluding carboxylic acids is 1. The van der Waals surface area contributed by atoms with E-state index in [1.807, 2.05) is 37.3 Å². The molecule has 2 aromatic carbocycles. The fourth-order valence-electron chi connectivity index (χ4n) is 1.99. The summed E-state index contributed by atoms with van der Waals surface area (Å²) in [6.07, 6.45) is 0. The van der Waals surface area contributed by atoms with Crippen LogP contribution in [0.1, 0.15) is 6.92 Å². The standard InChI is InChI=1S/C16H14BrNO3S/c1-10(22-13-5-2-11(17)3-6-13)16(19)18-12-4-7-14-15(8-12)21-9-20-14/h2-8,10H,9H2,1H3,(H,18,19). The third-order valence-corrected chi connectivity index (χ3v) is 4.78. The Kier molecular flexibility index (Phi) is 4.59. The number of nitrogens with one attached hydrogen (secondary N) is 1. The predicted molar refractivity (Wildman–Crippen MR) is 90.7 cm³/mol. The Morgan fingerprint density at radius 2 is 1.91 bits per heavy atom. The molecule has 0 saturated heterocycles. The lowest BCUT2D eigenvalue weighted by molar-refractivity contribution is -0.115. The second-order valence-corrected chi connectivity index (χ2v) is 7.10. The third-order valence-electron chi connectivity index (χ3n) is 3.14. The first-order chi connectivity index (χ1) is 10.6. The maximum absolute atomic E-state index is 12.3. The molecule has 4 nitrogen and oxygen atoms in total. The van der Waals surface area contributed by atoms with Crippen LogP contribution in [-0.2, 0) is 4.79 Å². The summed E-state index contributed by atoms with van der Waals surface area (Å²) in [7, 11) is 0. The van der Waals surface area contributed by atoms with Crippen molar-refractivity contribution in [3.05, 3.63) is 46.9 Å². The highest BCUT2D eigenvalue weighted by Crippen LogP contribution is 2.34. The summed E-state index contributed by atoms with van der Waals surface area (Å²) in [6.45, 7) is 2.11. The molecule has 1 aliphatic heterocycles. The van der Waals surface area contributed by atoms with E-state index >= 15 is 0 Å². The molecule has 1 N–H and O–H groups in total. The Bertz CT molecular complexity index is 690. The fraction of sp³-hybridized carbons (Fsp3) is 0.188. The Labute approximate surface area is 141 Å². The maximum atomic E-state index is 12.3. The van der Waals surface area contributed by atoms with Crippen LogP contribution in [0.4, 0.5) is 5.69 Å². The van der Waals surface area contributed by atoms with Crippen LogP contribution in [-0.4, -0.2) is 18.0 Å². The number of amides is 1. The lowest BCUT2D eigenvalue weighted by Gasteiger charge is -2.12. The minimum Gasteiger partial charge on any atom is -0.454 e. The minimum atomic E-state index is -0.202. The van der Waals surface area contributed by atoms with Gasteiger partial charge in [0.05, 0.1) is 5.25 Å². The van der Waals surface area contributed by atoms with Gasteiger partial charge in [-0.3, -0.25) is 4.79 Å². The third kappa shape index (κ3) is 3.56. The number of ether oxygens (including phenoxy) is 2. The minimum absolute atomic E-state index is 0.0493. The first kappa shape index (κ1) is 15.2. The van der Waals surface area contributed by atoms with Crippen LogP contribution in [0.25, 0.3) is 0 Å². The topological polar surface area (TPSA) is 47.6 Å². The van der Waals surface area contributed by atoms with Gasteiger partial charge in [-0.05, 0) is 43.3 Å². The molecule has 0 bridgehead atoms. The zero-order valence-corrected chi connectivity index (χ0v) is 14.2. The van der Waals surface area contributed by atoms with E-state index in [-0.39, 0.29) is 18.0 Å². The zero-order chi connectivity index (χ0) is 15.5. The lowest BCUT2D eigenvalue weighted by Crippen LogP contribution is -2.22. The molecule has 0 aliphatic carbocycles. The van der Waals surface area contributed by atoms with Gasteiger partial charge in [0.25, 0.3) is 0 Å². The number of thioether (sulfide) groups is 1. The van der Waals surface area contributed by atoms with Crippen LogP contribution in [0.15, 0.2) is 51.8 Å². The monoisotopic (exact) mass is 379 g/mol. The van der Waals surface area contributed by atoms with Crippen molar-refractivity contribution < 1.29 is 14.3 Å². The van der Waals surface area contributed by atoms with Crippen molar-refractivity contribution in [2.75, 3.05) is 12.1 Å². The highest BCUT2D eigenvalue weighted by molar-refractivity contribution is 9.10. The van der Waals surface area contributed by atoms with Crippen LogP contribution in [0.5, 0.6) is 11.5 Å². The largest absolute Gasteiger partial charge is 0.454 e. The SMILES string of the molecule is CC(Sc1ccc(Br)cc1)C(=O)Nc1ccc2c(c1)OCO2. The van der Waals surface area contributed by atoms with Crippen LogP contribution in [0.2, 0.25) is 0 Å². The predicted octanol–water partition coefficient (Wildman–Crippen LogP) is 4.30. The number of carbonyl (C=O) groups is 1. The van der Waals surface area contributed by atoms with Crippen LogP contribution < -0.4 is 14.8 Å². The Morgan fingerprint density at radius 3 is 2.68 bits per heavy atom. The van der Waals surface area contributed by atoms with E-state index < -0.39 is 0 Å². The molecular formula is C16H14BrNO3S. The molecule has 1 amide bonds.